The molecule has 0 fully saturated rings. The number of amides is 1. The fourth-order valence-corrected chi connectivity index (χ4v) is 2.43. The third-order valence-electron chi connectivity index (χ3n) is 3.22. The van der Waals surface area contributed by atoms with Crippen LogP contribution in [0.3, 0.4) is 0 Å². The maximum Gasteiger partial charge on any atom is 0.255 e. The molecule has 0 unspecified atom stereocenters. The molecule has 104 valence electrons. The molecule has 0 saturated carbocycles. The van der Waals surface area contributed by atoms with Crippen molar-refractivity contribution in [3.05, 3.63) is 71.2 Å². The number of nitrogens with one attached hydrogen (secondary N) is 1. The van der Waals surface area contributed by atoms with E-state index in [1.54, 1.807) is 48.5 Å². The minimum atomic E-state index is -0.225. The molecule has 0 heterocycles. The lowest BCUT2D eigenvalue weighted by atomic mass is 10.1. The molecule has 3 rings (SSSR count). The summed E-state index contributed by atoms with van der Waals surface area (Å²) in [5.74, 6) is -0.0899. The van der Waals surface area contributed by atoms with Crippen molar-refractivity contribution in [1.82, 2.24) is 0 Å². The Bertz CT molecular complexity index is 816. The molecule has 0 radical (unpaired) electrons. The van der Waals surface area contributed by atoms with Gasteiger partial charge in [0.25, 0.3) is 5.91 Å². The molecule has 3 aromatic rings. The van der Waals surface area contributed by atoms with Gasteiger partial charge in [0, 0.05) is 10.9 Å². The van der Waals surface area contributed by atoms with E-state index in [2.05, 4.69) is 5.32 Å². The minimum absolute atomic E-state index is 0.135. The summed E-state index contributed by atoms with van der Waals surface area (Å²) in [6.07, 6.45) is 0. The summed E-state index contributed by atoms with van der Waals surface area (Å²) < 4.78 is 0. The van der Waals surface area contributed by atoms with Crippen LogP contribution in [0.15, 0.2) is 60.7 Å². The molecule has 0 bridgehead atoms. The standard InChI is InChI=1S/C17H12ClNO2/c18-16-14-10-13(20)8-6-11(14)7-9-15(16)19-17(21)12-4-2-1-3-5-12/h1-10,20H,(H,19,21). The summed E-state index contributed by atoms with van der Waals surface area (Å²) in [7, 11) is 0. The first kappa shape index (κ1) is 13.5. The molecule has 3 aromatic carbocycles. The van der Waals surface area contributed by atoms with E-state index in [1.165, 1.54) is 0 Å². The van der Waals surface area contributed by atoms with Gasteiger partial charge in [-0.3, -0.25) is 4.79 Å². The van der Waals surface area contributed by atoms with E-state index in [0.29, 0.717) is 21.7 Å². The molecule has 0 atom stereocenters. The predicted octanol–water partition coefficient (Wildman–Crippen LogP) is 4.45. The molecule has 4 heteroatoms. The third-order valence-corrected chi connectivity index (χ3v) is 3.63. The van der Waals surface area contributed by atoms with Crippen molar-refractivity contribution in [2.75, 3.05) is 5.32 Å². The monoisotopic (exact) mass is 297 g/mol. The molecule has 2 N–H and O–H groups in total. The second-order valence-corrected chi connectivity index (χ2v) is 5.03. The number of rotatable bonds is 2. The van der Waals surface area contributed by atoms with Gasteiger partial charge in [-0.25, -0.2) is 0 Å². The molecule has 1 amide bonds. The number of aromatic hydroxyl groups is 1. The molecular weight excluding hydrogens is 286 g/mol. The molecule has 0 saturated heterocycles. The summed E-state index contributed by atoms with van der Waals surface area (Å²) in [6.45, 7) is 0. The summed E-state index contributed by atoms with van der Waals surface area (Å²) in [5.41, 5.74) is 1.08. The second kappa shape index (κ2) is 5.46. The maximum absolute atomic E-state index is 12.2. The SMILES string of the molecule is O=C(Nc1ccc2ccc(O)cc2c1Cl)c1ccccc1. The molecule has 0 spiro atoms. The third kappa shape index (κ3) is 2.69. The number of hydrogen-bond acceptors (Lipinski definition) is 2. The van der Waals surface area contributed by atoms with Crippen molar-refractivity contribution < 1.29 is 9.90 Å². The lowest BCUT2D eigenvalue weighted by Gasteiger charge is -2.10. The molecule has 0 aliphatic heterocycles. The Hall–Kier alpha value is -2.52. The van der Waals surface area contributed by atoms with Crippen LogP contribution in [0.2, 0.25) is 5.02 Å². The molecule has 21 heavy (non-hydrogen) atoms. The predicted molar refractivity (Wildman–Crippen MR) is 85.0 cm³/mol. The van der Waals surface area contributed by atoms with Crippen LogP contribution in [0.25, 0.3) is 10.8 Å². The van der Waals surface area contributed by atoms with Crippen molar-refractivity contribution in [1.29, 1.82) is 0 Å². The Kier molecular flexibility index (Phi) is 3.50. The van der Waals surface area contributed by atoms with Crippen LogP contribution in [0.1, 0.15) is 10.4 Å². The van der Waals surface area contributed by atoms with E-state index in [1.807, 2.05) is 12.1 Å². The smallest absolute Gasteiger partial charge is 0.255 e. The van der Waals surface area contributed by atoms with Gasteiger partial charge in [0.05, 0.1) is 10.7 Å². The Labute approximate surface area is 126 Å². The Morgan fingerprint density at radius 1 is 1.00 bits per heavy atom. The first-order valence-corrected chi connectivity index (χ1v) is 6.80. The summed E-state index contributed by atoms with van der Waals surface area (Å²) in [4.78, 5) is 12.2. The molecule has 0 aromatic heterocycles. The number of halogens is 1. The van der Waals surface area contributed by atoms with Crippen LogP contribution in [0.5, 0.6) is 5.75 Å². The van der Waals surface area contributed by atoms with E-state index in [0.717, 1.165) is 5.39 Å². The Morgan fingerprint density at radius 2 is 1.71 bits per heavy atom. The van der Waals surface area contributed by atoms with E-state index < -0.39 is 0 Å². The van der Waals surface area contributed by atoms with Gasteiger partial charge in [0.2, 0.25) is 0 Å². The van der Waals surface area contributed by atoms with Crippen LogP contribution in [0, 0.1) is 0 Å². The number of phenolic OH excluding ortho intramolecular Hbond substituents is 1. The van der Waals surface area contributed by atoms with Crippen LogP contribution in [0.4, 0.5) is 5.69 Å². The molecule has 3 nitrogen and oxygen atoms in total. The highest BCUT2D eigenvalue weighted by Crippen LogP contribution is 2.33. The van der Waals surface area contributed by atoms with Crippen molar-refractivity contribution in [3.8, 4) is 5.75 Å². The Balaban J connectivity index is 1.98. The van der Waals surface area contributed by atoms with Crippen LogP contribution in [-0.4, -0.2) is 11.0 Å². The van der Waals surface area contributed by atoms with Crippen molar-refractivity contribution in [2.24, 2.45) is 0 Å². The fraction of sp³-hybridized carbons (Fsp3) is 0. The van der Waals surface area contributed by atoms with Crippen molar-refractivity contribution in [3.63, 3.8) is 0 Å². The number of fused-ring (bicyclic) bond motifs is 1. The quantitative estimate of drug-likeness (QED) is 0.734. The van der Waals surface area contributed by atoms with Crippen LogP contribution >= 0.6 is 11.6 Å². The molecule has 0 aliphatic carbocycles. The fourth-order valence-electron chi connectivity index (χ4n) is 2.15. The summed E-state index contributed by atoms with van der Waals surface area (Å²) >= 11 is 6.32. The van der Waals surface area contributed by atoms with Crippen molar-refractivity contribution in [2.45, 2.75) is 0 Å². The minimum Gasteiger partial charge on any atom is -0.508 e. The zero-order chi connectivity index (χ0) is 14.8. The number of benzene rings is 3. The zero-order valence-electron chi connectivity index (χ0n) is 11.0. The van der Waals surface area contributed by atoms with Gasteiger partial charge in [-0.05, 0) is 35.7 Å². The van der Waals surface area contributed by atoms with Gasteiger partial charge in [-0.1, -0.05) is 41.9 Å². The average Bonchev–Trinajstić information content (AvgIpc) is 2.51. The van der Waals surface area contributed by atoms with Crippen LogP contribution in [-0.2, 0) is 0 Å². The Morgan fingerprint density at radius 3 is 2.48 bits per heavy atom. The van der Waals surface area contributed by atoms with Crippen LogP contribution < -0.4 is 5.32 Å². The van der Waals surface area contributed by atoms with Gasteiger partial charge in [-0.2, -0.15) is 0 Å². The molecular formula is C17H12ClNO2. The van der Waals surface area contributed by atoms with Gasteiger partial charge in [-0.15, -0.1) is 0 Å². The number of anilines is 1. The number of phenols is 1. The lowest BCUT2D eigenvalue weighted by molar-refractivity contribution is 0.102. The van der Waals surface area contributed by atoms with Gasteiger partial charge >= 0.3 is 0 Å². The number of hydrogen-bond donors (Lipinski definition) is 2. The van der Waals surface area contributed by atoms with E-state index >= 15 is 0 Å². The van der Waals surface area contributed by atoms with Crippen molar-refractivity contribution >= 4 is 34.0 Å². The van der Waals surface area contributed by atoms with Gasteiger partial charge in [0.15, 0.2) is 0 Å². The van der Waals surface area contributed by atoms with Gasteiger partial charge in [0.1, 0.15) is 5.75 Å². The highest BCUT2D eigenvalue weighted by molar-refractivity contribution is 6.38. The first-order chi connectivity index (χ1) is 10.1. The highest BCUT2D eigenvalue weighted by Gasteiger charge is 2.10. The largest absolute Gasteiger partial charge is 0.508 e. The van der Waals surface area contributed by atoms with E-state index in [-0.39, 0.29) is 11.7 Å². The first-order valence-electron chi connectivity index (χ1n) is 6.43. The van der Waals surface area contributed by atoms with Gasteiger partial charge < -0.3 is 10.4 Å². The lowest BCUT2D eigenvalue weighted by Crippen LogP contribution is -2.11. The maximum atomic E-state index is 12.2. The van der Waals surface area contributed by atoms with E-state index in [4.69, 9.17) is 11.6 Å². The number of carbonyl (C=O) groups excluding carboxylic acids is 1. The summed E-state index contributed by atoms with van der Waals surface area (Å²) in [6, 6.07) is 17.5. The summed E-state index contributed by atoms with van der Waals surface area (Å²) in [5, 5.41) is 14.4. The molecule has 0 aliphatic rings. The number of carbonyl (C=O) groups is 1. The zero-order valence-corrected chi connectivity index (χ0v) is 11.8. The van der Waals surface area contributed by atoms with E-state index in [9.17, 15) is 9.90 Å². The topological polar surface area (TPSA) is 49.3 Å². The normalized spacial score (nSPS) is 10.5. The highest BCUT2D eigenvalue weighted by atomic mass is 35.5. The average molecular weight is 298 g/mol. The second-order valence-electron chi connectivity index (χ2n) is 4.65.